The maximum atomic E-state index is 11.8. The SMILES string of the molecule is CC(C)[C@H](N)C(=O)OCC(CO)OCn1c(Br)nc2c(=O)[nH]c(N)nc21. The summed E-state index contributed by atoms with van der Waals surface area (Å²) >= 11 is 3.21. The van der Waals surface area contributed by atoms with Crippen molar-refractivity contribution in [3.63, 3.8) is 0 Å². The Morgan fingerprint density at radius 1 is 1.42 bits per heavy atom. The number of hydrogen-bond acceptors (Lipinski definition) is 9. The fourth-order valence-corrected chi connectivity index (χ4v) is 2.44. The average Bonchev–Trinajstić information content (AvgIpc) is 2.90. The molecule has 144 valence electrons. The summed E-state index contributed by atoms with van der Waals surface area (Å²) in [5, 5.41) is 9.41. The van der Waals surface area contributed by atoms with Gasteiger partial charge in [0.2, 0.25) is 5.95 Å². The third-order valence-corrected chi connectivity index (χ3v) is 4.23. The Kier molecular flexibility index (Phi) is 6.69. The number of anilines is 1. The Morgan fingerprint density at radius 2 is 2.12 bits per heavy atom. The van der Waals surface area contributed by atoms with E-state index in [1.54, 1.807) is 13.8 Å². The van der Waals surface area contributed by atoms with Gasteiger partial charge in [0, 0.05) is 0 Å². The number of imidazole rings is 1. The van der Waals surface area contributed by atoms with Gasteiger partial charge in [0.1, 0.15) is 25.5 Å². The lowest BCUT2D eigenvalue weighted by molar-refractivity contribution is -0.153. The van der Waals surface area contributed by atoms with Crippen molar-refractivity contribution in [2.45, 2.75) is 32.7 Å². The van der Waals surface area contributed by atoms with Crippen LogP contribution in [0.3, 0.4) is 0 Å². The van der Waals surface area contributed by atoms with Gasteiger partial charge in [0.05, 0.1) is 6.61 Å². The number of rotatable bonds is 8. The van der Waals surface area contributed by atoms with Gasteiger partial charge >= 0.3 is 5.97 Å². The van der Waals surface area contributed by atoms with E-state index in [4.69, 9.17) is 20.9 Å². The van der Waals surface area contributed by atoms with Crippen LogP contribution in [0.25, 0.3) is 11.2 Å². The van der Waals surface area contributed by atoms with Crippen LogP contribution < -0.4 is 17.0 Å². The first kappa shape index (κ1) is 20.3. The van der Waals surface area contributed by atoms with E-state index in [1.165, 1.54) is 4.57 Å². The van der Waals surface area contributed by atoms with E-state index in [1.807, 2.05) is 0 Å². The van der Waals surface area contributed by atoms with Crippen LogP contribution in [-0.4, -0.2) is 56.0 Å². The number of halogens is 1. The van der Waals surface area contributed by atoms with E-state index < -0.39 is 23.7 Å². The van der Waals surface area contributed by atoms with Crippen molar-refractivity contribution in [3.8, 4) is 0 Å². The number of nitrogens with zero attached hydrogens (tertiary/aromatic N) is 3. The number of aromatic amines is 1. The fraction of sp³-hybridized carbons (Fsp3) is 0.571. The highest BCUT2D eigenvalue weighted by Crippen LogP contribution is 2.17. The zero-order valence-electron chi connectivity index (χ0n) is 14.3. The summed E-state index contributed by atoms with van der Waals surface area (Å²) < 4.78 is 12.3. The molecule has 2 rings (SSSR count). The summed E-state index contributed by atoms with van der Waals surface area (Å²) in [5.41, 5.74) is 11.1. The van der Waals surface area contributed by atoms with Gasteiger partial charge < -0.3 is 26.0 Å². The van der Waals surface area contributed by atoms with Gasteiger partial charge in [-0.15, -0.1) is 0 Å². The number of nitrogens with two attached hydrogens (primary N) is 2. The molecule has 26 heavy (non-hydrogen) atoms. The molecule has 11 nitrogen and oxygen atoms in total. The molecule has 6 N–H and O–H groups in total. The molecule has 2 heterocycles. The fourth-order valence-electron chi connectivity index (χ4n) is 1.99. The number of aliphatic hydroxyl groups excluding tert-OH is 1. The molecule has 0 aliphatic rings. The number of carbonyl (C=O) groups is 1. The number of hydrogen-bond donors (Lipinski definition) is 4. The average molecular weight is 433 g/mol. The molecule has 12 heteroatoms. The molecule has 0 aliphatic heterocycles. The van der Waals surface area contributed by atoms with Crippen molar-refractivity contribution >= 4 is 39.0 Å². The topological polar surface area (TPSA) is 171 Å². The van der Waals surface area contributed by atoms with Crippen molar-refractivity contribution < 1.29 is 19.4 Å². The lowest BCUT2D eigenvalue weighted by atomic mass is 10.1. The van der Waals surface area contributed by atoms with E-state index >= 15 is 0 Å². The van der Waals surface area contributed by atoms with Crippen LogP contribution >= 0.6 is 15.9 Å². The Balaban J connectivity index is 2.05. The highest BCUT2D eigenvalue weighted by atomic mass is 79.9. The molecular formula is C14H21BrN6O5. The minimum atomic E-state index is -0.790. The first-order valence-electron chi connectivity index (χ1n) is 7.80. The van der Waals surface area contributed by atoms with Crippen LogP contribution in [0.1, 0.15) is 13.8 Å². The minimum absolute atomic E-state index is 0.0635. The summed E-state index contributed by atoms with van der Waals surface area (Å²) in [5.74, 6) is -0.706. The molecule has 0 saturated heterocycles. The molecule has 0 aliphatic carbocycles. The number of ether oxygens (including phenoxy) is 2. The van der Waals surface area contributed by atoms with E-state index in [2.05, 4.69) is 30.9 Å². The third-order valence-electron chi connectivity index (χ3n) is 3.62. The van der Waals surface area contributed by atoms with Crippen molar-refractivity contribution in [3.05, 3.63) is 15.1 Å². The Morgan fingerprint density at radius 3 is 2.73 bits per heavy atom. The predicted molar refractivity (Wildman–Crippen MR) is 96.0 cm³/mol. The van der Waals surface area contributed by atoms with E-state index in [9.17, 15) is 14.7 Å². The number of H-pyrrole nitrogens is 1. The molecule has 2 atom stereocenters. The van der Waals surface area contributed by atoms with Gasteiger partial charge in [-0.1, -0.05) is 13.8 Å². The van der Waals surface area contributed by atoms with Crippen molar-refractivity contribution in [1.82, 2.24) is 19.5 Å². The van der Waals surface area contributed by atoms with E-state index in [0.717, 1.165) is 0 Å². The number of aliphatic hydroxyl groups is 1. The van der Waals surface area contributed by atoms with Crippen LogP contribution in [-0.2, 0) is 21.0 Å². The summed E-state index contributed by atoms with van der Waals surface area (Å²) in [7, 11) is 0. The van der Waals surface area contributed by atoms with Crippen LogP contribution in [0.4, 0.5) is 5.95 Å². The molecule has 0 fully saturated rings. The Labute approximate surface area is 156 Å². The van der Waals surface area contributed by atoms with Gasteiger partial charge in [-0.3, -0.25) is 19.1 Å². The lowest BCUT2D eigenvalue weighted by Crippen LogP contribution is -2.39. The highest BCUT2D eigenvalue weighted by molar-refractivity contribution is 9.10. The number of carbonyl (C=O) groups excluding carboxylic acids is 1. The normalized spacial score (nSPS) is 13.9. The molecule has 0 amide bonds. The number of nitrogens with one attached hydrogen (secondary N) is 1. The smallest absolute Gasteiger partial charge is 0.323 e. The van der Waals surface area contributed by atoms with Crippen LogP contribution in [0.2, 0.25) is 0 Å². The summed E-state index contributed by atoms with van der Waals surface area (Å²) in [4.78, 5) is 34.0. The first-order valence-corrected chi connectivity index (χ1v) is 8.60. The Bertz CT molecular complexity index is 835. The molecule has 0 radical (unpaired) electrons. The molecule has 2 aromatic rings. The minimum Gasteiger partial charge on any atom is -0.462 e. The lowest BCUT2D eigenvalue weighted by Gasteiger charge is -2.19. The van der Waals surface area contributed by atoms with Crippen LogP contribution in [0.15, 0.2) is 9.53 Å². The largest absolute Gasteiger partial charge is 0.462 e. The van der Waals surface area contributed by atoms with E-state index in [0.29, 0.717) is 4.73 Å². The standard InChI is InChI=1S/C14H21BrN6O5/c1-6(2)8(16)12(24)25-4-7(3-22)26-5-21-10-9(18-13(21)15)11(23)20-14(17)19-10/h6-8,22H,3-5,16H2,1-2H3,(H3,17,19,20,23)/t7?,8-/m0/s1. The van der Waals surface area contributed by atoms with Crippen LogP contribution in [0.5, 0.6) is 0 Å². The highest BCUT2D eigenvalue weighted by Gasteiger charge is 2.21. The molecule has 0 bridgehead atoms. The molecule has 0 aromatic carbocycles. The number of fused-ring (bicyclic) bond motifs is 1. The molecule has 2 aromatic heterocycles. The van der Waals surface area contributed by atoms with Gasteiger partial charge in [-0.2, -0.15) is 4.98 Å². The molecule has 1 unspecified atom stereocenters. The number of aromatic nitrogens is 4. The van der Waals surface area contributed by atoms with Crippen molar-refractivity contribution in [2.24, 2.45) is 11.7 Å². The number of esters is 1. The molecular weight excluding hydrogens is 412 g/mol. The van der Waals surface area contributed by atoms with Gasteiger partial charge in [-0.25, -0.2) is 4.98 Å². The first-order chi connectivity index (χ1) is 12.2. The maximum Gasteiger partial charge on any atom is 0.323 e. The third kappa shape index (κ3) is 4.58. The van der Waals surface area contributed by atoms with Gasteiger partial charge in [0.25, 0.3) is 5.56 Å². The molecule has 0 spiro atoms. The summed E-state index contributed by atoms with van der Waals surface area (Å²) in [6, 6.07) is -0.750. The zero-order valence-corrected chi connectivity index (χ0v) is 15.9. The summed E-state index contributed by atoms with van der Waals surface area (Å²) in [6.45, 7) is 2.94. The van der Waals surface area contributed by atoms with Crippen molar-refractivity contribution in [2.75, 3.05) is 18.9 Å². The summed E-state index contributed by atoms with van der Waals surface area (Å²) in [6.07, 6.45) is -0.790. The second kappa shape index (κ2) is 8.58. The monoisotopic (exact) mass is 432 g/mol. The zero-order chi connectivity index (χ0) is 19.4. The predicted octanol–water partition coefficient (Wildman–Crippen LogP) is -0.674. The van der Waals surface area contributed by atoms with E-state index in [-0.39, 0.29) is 43.0 Å². The second-order valence-corrected chi connectivity index (χ2v) is 6.64. The van der Waals surface area contributed by atoms with Gasteiger partial charge in [-0.05, 0) is 21.8 Å². The second-order valence-electron chi connectivity index (χ2n) is 5.93. The van der Waals surface area contributed by atoms with Crippen molar-refractivity contribution in [1.29, 1.82) is 0 Å². The number of nitrogen functional groups attached to an aromatic ring is 1. The van der Waals surface area contributed by atoms with Crippen LogP contribution in [0, 0.1) is 5.92 Å². The quantitative estimate of drug-likeness (QED) is 0.311. The molecule has 0 saturated carbocycles. The Hall–Kier alpha value is -2.02. The maximum absolute atomic E-state index is 11.8. The van der Waals surface area contributed by atoms with Gasteiger partial charge in [0.15, 0.2) is 15.9 Å².